The molecule has 1 unspecified atom stereocenters. The van der Waals surface area contributed by atoms with E-state index in [9.17, 15) is 18.0 Å². The second-order valence-corrected chi connectivity index (χ2v) is 6.42. The Morgan fingerprint density at radius 1 is 1.09 bits per heavy atom. The van der Waals surface area contributed by atoms with Gasteiger partial charge < -0.3 is 0 Å². The number of hydrogen-bond acceptors (Lipinski definition) is 2. The molecule has 1 aliphatic rings. The van der Waals surface area contributed by atoms with Crippen LogP contribution in [0.4, 0.5) is 18.9 Å². The van der Waals surface area contributed by atoms with Crippen LogP contribution in [0.25, 0.3) is 0 Å². The summed E-state index contributed by atoms with van der Waals surface area (Å²) < 4.78 is 39.8. The number of aryl methyl sites for hydroxylation is 1. The molecule has 0 bridgehead atoms. The monoisotopic (exact) mass is 337 g/mol. The van der Waals surface area contributed by atoms with Gasteiger partial charge in [0.1, 0.15) is 5.37 Å². The van der Waals surface area contributed by atoms with E-state index in [-0.39, 0.29) is 17.2 Å². The van der Waals surface area contributed by atoms with Crippen molar-refractivity contribution in [2.45, 2.75) is 18.5 Å². The van der Waals surface area contributed by atoms with Gasteiger partial charge in [0.15, 0.2) is 0 Å². The summed E-state index contributed by atoms with van der Waals surface area (Å²) in [6.07, 6.45) is -4.44. The average molecular weight is 337 g/mol. The highest BCUT2D eigenvalue weighted by atomic mass is 32.2. The summed E-state index contributed by atoms with van der Waals surface area (Å²) in [6.45, 7) is 1.92. The Balaban J connectivity index is 2.05. The van der Waals surface area contributed by atoms with Crippen molar-refractivity contribution >= 4 is 23.4 Å². The first-order valence-electron chi connectivity index (χ1n) is 7.04. The van der Waals surface area contributed by atoms with Crippen LogP contribution in [0, 0.1) is 6.92 Å². The summed E-state index contributed by atoms with van der Waals surface area (Å²) in [5.41, 5.74) is 1.08. The first-order chi connectivity index (χ1) is 10.9. The van der Waals surface area contributed by atoms with Crippen LogP contribution < -0.4 is 4.90 Å². The molecule has 0 saturated carbocycles. The van der Waals surface area contributed by atoms with E-state index in [1.807, 2.05) is 19.1 Å². The van der Waals surface area contributed by atoms with Crippen molar-refractivity contribution < 1.29 is 18.0 Å². The summed E-state index contributed by atoms with van der Waals surface area (Å²) in [5.74, 6) is -0.00842. The second-order valence-electron chi connectivity index (χ2n) is 5.35. The Morgan fingerprint density at radius 3 is 2.39 bits per heavy atom. The van der Waals surface area contributed by atoms with E-state index >= 15 is 0 Å². The van der Waals surface area contributed by atoms with Crippen LogP contribution in [0.5, 0.6) is 0 Å². The molecule has 6 heteroatoms. The Labute approximate surface area is 136 Å². The van der Waals surface area contributed by atoms with Crippen molar-refractivity contribution in [3.05, 3.63) is 65.2 Å². The van der Waals surface area contributed by atoms with E-state index < -0.39 is 17.1 Å². The molecule has 2 aromatic rings. The maximum atomic E-state index is 13.3. The first-order valence-corrected chi connectivity index (χ1v) is 8.09. The van der Waals surface area contributed by atoms with Crippen molar-refractivity contribution in [1.29, 1.82) is 0 Å². The summed E-state index contributed by atoms with van der Waals surface area (Å²) in [6, 6.07) is 12.7. The number of carbonyl (C=O) groups excluding carboxylic acids is 1. The van der Waals surface area contributed by atoms with Crippen LogP contribution in [-0.4, -0.2) is 11.7 Å². The zero-order valence-corrected chi connectivity index (χ0v) is 13.1. The zero-order chi connectivity index (χ0) is 16.6. The lowest BCUT2D eigenvalue weighted by Crippen LogP contribution is -2.29. The molecule has 0 N–H and O–H groups in total. The minimum absolute atomic E-state index is 0.122. The second kappa shape index (κ2) is 5.92. The number of rotatable bonds is 2. The molecule has 1 fully saturated rings. The Bertz CT molecular complexity index is 727. The standard InChI is InChI=1S/C17H14F3NOS/c1-11-6-8-12(9-7-11)21-15(22)10-23-16(21)13-4-2-3-5-14(13)17(18,19)20/h2-9,16H,10H2,1H3. The fraction of sp³-hybridized carbons (Fsp3) is 0.235. The third kappa shape index (κ3) is 3.08. The van der Waals surface area contributed by atoms with Gasteiger partial charge in [-0.2, -0.15) is 13.2 Å². The highest BCUT2D eigenvalue weighted by Gasteiger charge is 2.40. The molecule has 23 heavy (non-hydrogen) atoms. The quantitative estimate of drug-likeness (QED) is 0.785. The number of hydrogen-bond donors (Lipinski definition) is 0. The summed E-state index contributed by atoms with van der Waals surface area (Å²) in [4.78, 5) is 13.7. The molecule has 0 radical (unpaired) electrons. The minimum atomic E-state index is -4.44. The number of alkyl halides is 3. The predicted molar refractivity (Wildman–Crippen MR) is 85.3 cm³/mol. The smallest absolute Gasteiger partial charge is 0.295 e. The third-order valence-corrected chi connectivity index (χ3v) is 4.91. The molecule has 1 aliphatic heterocycles. The topological polar surface area (TPSA) is 20.3 Å². The summed E-state index contributed by atoms with van der Waals surface area (Å²) in [7, 11) is 0. The van der Waals surface area contributed by atoms with Gasteiger partial charge in [-0.25, -0.2) is 0 Å². The van der Waals surface area contributed by atoms with Crippen LogP contribution in [0.3, 0.4) is 0 Å². The van der Waals surface area contributed by atoms with Gasteiger partial charge >= 0.3 is 6.18 Å². The molecule has 0 spiro atoms. The van der Waals surface area contributed by atoms with Gasteiger partial charge in [-0.15, -0.1) is 11.8 Å². The van der Waals surface area contributed by atoms with Crippen molar-refractivity contribution in [2.75, 3.05) is 10.7 Å². The first kappa shape index (κ1) is 15.9. The molecule has 120 valence electrons. The highest BCUT2D eigenvalue weighted by molar-refractivity contribution is 8.00. The number of nitrogens with zero attached hydrogens (tertiary/aromatic N) is 1. The molecule has 1 saturated heterocycles. The Morgan fingerprint density at radius 2 is 1.74 bits per heavy atom. The van der Waals surface area contributed by atoms with Crippen molar-refractivity contribution in [1.82, 2.24) is 0 Å². The fourth-order valence-corrected chi connectivity index (χ4v) is 3.82. The van der Waals surface area contributed by atoms with Crippen molar-refractivity contribution in [3.63, 3.8) is 0 Å². The lowest BCUT2D eigenvalue weighted by Gasteiger charge is -2.26. The van der Waals surface area contributed by atoms with Gasteiger partial charge in [0.25, 0.3) is 0 Å². The largest absolute Gasteiger partial charge is 0.416 e. The molecule has 2 aromatic carbocycles. The molecule has 1 heterocycles. The van der Waals surface area contributed by atoms with Gasteiger partial charge in [-0.3, -0.25) is 9.69 Å². The Kier molecular flexibility index (Phi) is 4.10. The van der Waals surface area contributed by atoms with Crippen LogP contribution in [0.2, 0.25) is 0 Å². The van der Waals surface area contributed by atoms with E-state index in [0.29, 0.717) is 5.69 Å². The Hall–Kier alpha value is -1.95. The summed E-state index contributed by atoms with van der Waals surface area (Å²) in [5, 5.41) is -0.664. The number of carbonyl (C=O) groups is 1. The van der Waals surface area contributed by atoms with Crippen LogP contribution in [0.15, 0.2) is 48.5 Å². The normalized spacial score (nSPS) is 18.5. The van der Waals surface area contributed by atoms with Gasteiger partial charge in [0.2, 0.25) is 5.91 Å². The van der Waals surface area contributed by atoms with E-state index in [1.54, 1.807) is 18.2 Å². The van der Waals surface area contributed by atoms with Gasteiger partial charge in [0, 0.05) is 5.69 Å². The predicted octanol–water partition coefficient (Wildman–Crippen LogP) is 4.79. The SMILES string of the molecule is Cc1ccc(N2C(=O)CSC2c2ccccc2C(F)(F)F)cc1. The molecule has 1 amide bonds. The number of anilines is 1. The lowest BCUT2D eigenvalue weighted by atomic mass is 10.1. The van der Waals surface area contributed by atoms with Crippen LogP contribution in [0.1, 0.15) is 22.1 Å². The molecule has 0 aromatic heterocycles. The van der Waals surface area contributed by atoms with E-state index in [0.717, 1.165) is 11.6 Å². The number of benzene rings is 2. The van der Waals surface area contributed by atoms with Crippen LogP contribution >= 0.6 is 11.8 Å². The lowest BCUT2D eigenvalue weighted by molar-refractivity contribution is -0.138. The van der Waals surface area contributed by atoms with E-state index in [1.165, 1.54) is 28.8 Å². The van der Waals surface area contributed by atoms with E-state index in [2.05, 4.69) is 0 Å². The van der Waals surface area contributed by atoms with E-state index in [4.69, 9.17) is 0 Å². The molecule has 0 aliphatic carbocycles. The number of amides is 1. The van der Waals surface area contributed by atoms with Gasteiger partial charge in [-0.1, -0.05) is 35.9 Å². The number of halogens is 3. The van der Waals surface area contributed by atoms with Crippen molar-refractivity contribution in [3.8, 4) is 0 Å². The maximum Gasteiger partial charge on any atom is 0.416 e. The van der Waals surface area contributed by atoms with Crippen LogP contribution in [-0.2, 0) is 11.0 Å². The zero-order valence-electron chi connectivity index (χ0n) is 12.3. The molecular formula is C17H14F3NOS. The molecule has 1 atom stereocenters. The van der Waals surface area contributed by atoms with Crippen molar-refractivity contribution in [2.24, 2.45) is 0 Å². The highest BCUT2D eigenvalue weighted by Crippen LogP contribution is 2.45. The number of thioether (sulfide) groups is 1. The van der Waals surface area contributed by atoms with Gasteiger partial charge in [0.05, 0.1) is 11.3 Å². The third-order valence-electron chi connectivity index (χ3n) is 3.71. The average Bonchev–Trinajstić information content (AvgIpc) is 2.89. The summed E-state index contributed by atoms with van der Waals surface area (Å²) >= 11 is 1.22. The molecule has 3 rings (SSSR count). The maximum absolute atomic E-state index is 13.3. The molecule has 2 nitrogen and oxygen atoms in total. The minimum Gasteiger partial charge on any atom is -0.295 e. The molecular weight excluding hydrogens is 323 g/mol. The fourth-order valence-electron chi connectivity index (χ4n) is 2.61. The van der Waals surface area contributed by atoms with Gasteiger partial charge in [-0.05, 0) is 30.7 Å².